The minimum atomic E-state index is -0.989. The van der Waals surface area contributed by atoms with Crippen LogP contribution in [0, 0.1) is 6.92 Å². The maximum atomic E-state index is 12.3. The Kier molecular flexibility index (Phi) is 5.33. The number of aromatic nitrogens is 1. The Morgan fingerprint density at radius 1 is 1.03 bits per heavy atom. The largest absolute Gasteiger partial charge is 0.493 e. The van der Waals surface area contributed by atoms with Crippen LogP contribution in [0.15, 0.2) is 78.2 Å². The molecule has 0 fully saturated rings. The van der Waals surface area contributed by atoms with Gasteiger partial charge in [-0.2, -0.15) is 0 Å². The number of hydrogen-bond acceptors (Lipinski definition) is 4. The number of benzene rings is 3. The molecular weight excluding hydrogens is 418 g/mol. The monoisotopic (exact) mass is 439 g/mol. The smallest absolute Gasteiger partial charge is 0.336 e. The molecule has 32 heavy (non-hydrogen) atoms. The van der Waals surface area contributed by atoms with E-state index >= 15 is 0 Å². The van der Waals surface area contributed by atoms with E-state index in [-0.39, 0.29) is 5.56 Å². The minimum absolute atomic E-state index is 0.207. The highest BCUT2D eigenvalue weighted by molar-refractivity contribution is 7.17. The van der Waals surface area contributed by atoms with Gasteiger partial charge in [0.2, 0.25) is 0 Å². The van der Waals surface area contributed by atoms with Gasteiger partial charge < -0.3 is 9.84 Å². The fraction of sp³-hybridized carbons (Fsp3) is 0.111. The summed E-state index contributed by atoms with van der Waals surface area (Å²) in [6.07, 6.45) is 0.741. The van der Waals surface area contributed by atoms with Gasteiger partial charge in [0.25, 0.3) is 0 Å². The van der Waals surface area contributed by atoms with Gasteiger partial charge in [0.15, 0.2) is 0 Å². The third-order valence-corrected chi connectivity index (χ3v) is 6.57. The van der Waals surface area contributed by atoms with Crippen LogP contribution in [0.2, 0.25) is 0 Å². The van der Waals surface area contributed by atoms with E-state index in [2.05, 4.69) is 18.2 Å². The van der Waals surface area contributed by atoms with Gasteiger partial charge in [-0.3, -0.25) is 0 Å². The number of thiophene rings is 1. The van der Waals surface area contributed by atoms with Gasteiger partial charge in [0, 0.05) is 27.5 Å². The van der Waals surface area contributed by atoms with Crippen molar-refractivity contribution in [2.45, 2.75) is 13.3 Å². The maximum Gasteiger partial charge on any atom is 0.336 e. The SMILES string of the molecule is Cc1ccc(OCCc2ccccc2)c2c(C(=O)O)cc(-c3csc4ccccc34)nc12. The molecule has 0 aliphatic carbocycles. The van der Waals surface area contributed by atoms with Crippen LogP contribution in [0.5, 0.6) is 5.75 Å². The molecule has 4 nitrogen and oxygen atoms in total. The molecule has 0 radical (unpaired) electrons. The fourth-order valence-corrected chi connectivity index (χ4v) is 4.92. The zero-order chi connectivity index (χ0) is 22.1. The van der Waals surface area contributed by atoms with E-state index in [1.807, 2.05) is 60.8 Å². The molecule has 5 aromatic rings. The van der Waals surface area contributed by atoms with Gasteiger partial charge >= 0.3 is 5.97 Å². The summed E-state index contributed by atoms with van der Waals surface area (Å²) in [5, 5.41) is 13.7. The fourth-order valence-electron chi connectivity index (χ4n) is 3.97. The highest BCUT2D eigenvalue weighted by Crippen LogP contribution is 2.37. The van der Waals surface area contributed by atoms with E-state index in [1.165, 1.54) is 5.56 Å². The molecule has 0 aliphatic heterocycles. The number of ether oxygens (including phenoxy) is 1. The number of hydrogen-bond donors (Lipinski definition) is 1. The van der Waals surface area contributed by atoms with Gasteiger partial charge in [-0.25, -0.2) is 9.78 Å². The molecule has 3 aromatic carbocycles. The van der Waals surface area contributed by atoms with E-state index in [4.69, 9.17) is 9.72 Å². The molecule has 0 saturated carbocycles. The van der Waals surface area contributed by atoms with Crippen molar-refractivity contribution >= 4 is 38.3 Å². The first-order valence-corrected chi connectivity index (χ1v) is 11.3. The molecular formula is C27H21NO3S. The van der Waals surface area contributed by atoms with Crippen molar-refractivity contribution < 1.29 is 14.6 Å². The highest BCUT2D eigenvalue weighted by Gasteiger charge is 2.19. The van der Waals surface area contributed by atoms with Gasteiger partial charge in [0.05, 0.1) is 28.8 Å². The molecule has 0 atom stereocenters. The molecule has 5 rings (SSSR count). The van der Waals surface area contributed by atoms with Crippen molar-refractivity contribution in [3.05, 3.63) is 94.9 Å². The normalized spacial score (nSPS) is 11.2. The van der Waals surface area contributed by atoms with Crippen molar-refractivity contribution in [1.29, 1.82) is 0 Å². The topological polar surface area (TPSA) is 59.4 Å². The number of nitrogens with zero attached hydrogens (tertiary/aromatic N) is 1. The van der Waals surface area contributed by atoms with Crippen LogP contribution in [0.1, 0.15) is 21.5 Å². The predicted molar refractivity (Wildman–Crippen MR) is 130 cm³/mol. The number of carboxylic acids is 1. The summed E-state index contributed by atoms with van der Waals surface area (Å²) >= 11 is 1.63. The summed E-state index contributed by atoms with van der Waals surface area (Å²) in [6.45, 7) is 2.41. The molecule has 0 aliphatic rings. The van der Waals surface area contributed by atoms with E-state index in [1.54, 1.807) is 17.4 Å². The minimum Gasteiger partial charge on any atom is -0.493 e. The average Bonchev–Trinajstić information content (AvgIpc) is 3.25. The summed E-state index contributed by atoms with van der Waals surface area (Å²) in [5.41, 5.74) is 4.57. The zero-order valence-electron chi connectivity index (χ0n) is 17.5. The summed E-state index contributed by atoms with van der Waals surface area (Å²) in [5.74, 6) is -0.440. The van der Waals surface area contributed by atoms with Crippen molar-refractivity contribution in [2.75, 3.05) is 6.61 Å². The molecule has 0 amide bonds. The summed E-state index contributed by atoms with van der Waals surface area (Å²) in [6, 6.07) is 23.6. The number of rotatable bonds is 6. The Morgan fingerprint density at radius 2 is 1.81 bits per heavy atom. The lowest BCUT2D eigenvalue weighted by Crippen LogP contribution is -2.06. The average molecular weight is 440 g/mol. The molecule has 5 heteroatoms. The van der Waals surface area contributed by atoms with Crippen molar-refractivity contribution in [2.24, 2.45) is 0 Å². The highest BCUT2D eigenvalue weighted by atomic mass is 32.1. The van der Waals surface area contributed by atoms with Crippen LogP contribution in [0.3, 0.4) is 0 Å². The molecule has 2 heterocycles. The van der Waals surface area contributed by atoms with Gasteiger partial charge in [0.1, 0.15) is 5.75 Å². The van der Waals surface area contributed by atoms with Crippen molar-refractivity contribution in [1.82, 2.24) is 4.98 Å². The quantitative estimate of drug-likeness (QED) is 0.318. The Bertz CT molecular complexity index is 1440. The molecule has 0 unspecified atom stereocenters. The van der Waals surface area contributed by atoms with Crippen LogP contribution in [0.25, 0.3) is 32.2 Å². The first kappa shape index (κ1) is 20.2. The van der Waals surface area contributed by atoms with Crippen LogP contribution in [0.4, 0.5) is 0 Å². The predicted octanol–water partition coefficient (Wildman–Crippen LogP) is 6.74. The number of fused-ring (bicyclic) bond motifs is 2. The number of pyridine rings is 1. The second-order valence-electron chi connectivity index (χ2n) is 7.69. The van der Waals surface area contributed by atoms with Gasteiger partial charge in [-0.15, -0.1) is 11.3 Å². The Hall–Kier alpha value is -3.70. The summed E-state index contributed by atoms with van der Waals surface area (Å²) in [7, 11) is 0. The summed E-state index contributed by atoms with van der Waals surface area (Å²) in [4.78, 5) is 17.2. The number of carbonyl (C=O) groups is 1. The third kappa shape index (κ3) is 3.72. The van der Waals surface area contributed by atoms with Crippen LogP contribution in [-0.2, 0) is 6.42 Å². The van der Waals surface area contributed by atoms with Crippen LogP contribution in [-0.4, -0.2) is 22.7 Å². The van der Waals surface area contributed by atoms with E-state index in [0.29, 0.717) is 29.0 Å². The Labute approximate surface area is 189 Å². The standard InChI is InChI=1S/C27H21NO3S/c1-17-11-12-23(31-14-13-18-7-3-2-4-8-18)25-20(27(29)30)15-22(28-26(17)25)21-16-32-24-10-6-5-9-19(21)24/h2-12,15-16H,13-14H2,1H3,(H,29,30). The van der Waals surface area contributed by atoms with Crippen LogP contribution >= 0.6 is 11.3 Å². The molecule has 1 N–H and O–H groups in total. The molecule has 0 bridgehead atoms. The summed E-state index contributed by atoms with van der Waals surface area (Å²) < 4.78 is 7.22. The van der Waals surface area contributed by atoms with E-state index in [9.17, 15) is 9.90 Å². The van der Waals surface area contributed by atoms with Crippen molar-refractivity contribution in [3.8, 4) is 17.0 Å². The molecule has 2 aromatic heterocycles. The number of carboxylic acid groups (broad SMARTS) is 1. The first-order chi connectivity index (χ1) is 15.6. The lowest BCUT2D eigenvalue weighted by atomic mass is 10.0. The third-order valence-electron chi connectivity index (χ3n) is 5.60. The number of aromatic carboxylic acids is 1. The zero-order valence-corrected chi connectivity index (χ0v) is 18.4. The molecule has 0 saturated heterocycles. The van der Waals surface area contributed by atoms with Gasteiger partial charge in [-0.1, -0.05) is 54.6 Å². The Balaban J connectivity index is 1.60. The Morgan fingerprint density at radius 3 is 2.62 bits per heavy atom. The first-order valence-electron chi connectivity index (χ1n) is 10.4. The lowest BCUT2D eigenvalue weighted by molar-refractivity contribution is 0.0698. The van der Waals surface area contributed by atoms with Gasteiger partial charge in [-0.05, 0) is 36.2 Å². The number of aryl methyl sites for hydroxylation is 1. The second kappa shape index (κ2) is 8.44. The molecule has 158 valence electrons. The van der Waals surface area contributed by atoms with Crippen LogP contribution < -0.4 is 4.74 Å². The molecule has 0 spiro atoms. The van der Waals surface area contributed by atoms with E-state index < -0.39 is 5.97 Å². The lowest BCUT2D eigenvalue weighted by Gasteiger charge is -2.14. The van der Waals surface area contributed by atoms with Crippen molar-refractivity contribution in [3.63, 3.8) is 0 Å². The van der Waals surface area contributed by atoms with E-state index in [0.717, 1.165) is 27.6 Å². The second-order valence-corrected chi connectivity index (χ2v) is 8.61. The maximum absolute atomic E-state index is 12.3.